The van der Waals surface area contributed by atoms with Crippen molar-refractivity contribution < 1.29 is 22.5 Å². The van der Waals surface area contributed by atoms with Crippen molar-refractivity contribution in [3.05, 3.63) is 23.3 Å². The summed E-state index contributed by atoms with van der Waals surface area (Å²) in [7, 11) is -5.35. The van der Waals surface area contributed by atoms with E-state index >= 15 is 0 Å². The highest BCUT2D eigenvalue weighted by Gasteiger charge is 2.06. The monoisotopic (exact) mass is 186 g/mol. The van der Waals surface area contributed by atoms with Gasteiger partial charge in [-0.2, -0.15) is 0 Å². The van der Waals surface area contributed by atoms with Crippen LogP contribution in [0.4, 0.5) is 0 Å². The van der Waals surface area contributed by atoms with Gasteiger partial charge in [-0.3, -0.25) is 4.79 Å². The largest absolute Gasteiger partial charge is 0.496 e. The van der Waals surface area contributed by atoms with Crippen molar-refractivity contribution in [1.82, 2.24) is 0 Å². The summed E-state index contributed by atoms with van der Waals surface area (Å²) in [5.41, 5.74) is 0.252. The summed E-state index contributed by atoms with van der Waals surface area (Å²) in [5, 5.41) is 0. The maximum Gasteiger partial charge on any atom is 0.153 e. The van der Waals surface area contributed by atoms with Gasteiger partial charge < -0.3 is 9.47 Å². The van der Waals surface area contributed by atoms with Crippen molar-refractivity contribution >= 4 is 6.29 Å². The van der Waals surface area contributed by atoms with Crippen LogP contribution >= 0.6 is 0 Å². The Bertz CT molecular complexity index is 477. The standard InChI is InChI=1S/C10H12O3/c1-7-4-10(13-3)8(6-11)5-9(7)12-2/h4-6H,1-3H3/i2D3,3D3. The molecule has 0 aliphatic carbocycles. The van der Waals surface area contributed by atoms with E-state index in [1.54, 1.807) is 0 Å². The van der Waals surface area contributed by atoms with E-state index in [9.17, 15) is 4.79 Å². The van der Waals surface area contributed by atoms with E-state index in [2.05, 4.69) is 4.74 Å². The van der Waals surface area contributed by atoms with Crippen LogP contribution in [0.15, 0.2) is 12.1 Å². The normalized spacial score (nSPS) is 18.2. The molecule has 0 spiro atoms. The van der Waals surface area contributed by atoms with E-state index in [0.717, 1.165) is 6.07 Å². The third-order valence-corrected chi connectivity index (χ3v) is 1.65. The van der Waals surface area contributed by atoms with E-state index in [1.165, 1.54) is 13.0 Å². The number of rotatable bonds is 3. The topological polar surface area (TPSA) is 35.5 Å². The summed E-state index contributed by atoms with van der Waals surface area (Å²) in [6.07, 6.45) is 0.368. The molecule has 1 aromatic carbocycles. The van der Waals surface area contributed by atoms with Crippen molar-refractivity contribution in [3.8, 4) is 11.5 Å². The first-order valence-corrected chi connectivity index (χ1v) is 3.50. The number of hydrogen-bond donors (Lipinski definition) is 0. The van der Waals surface area contributed by atoms with Crippen molar-refractivity contribution in [2.24, 2.45) is 0 Å². The van der Waals surface area contributed by atoms with E-state index < -0.39 is 14.1 Å². The molecule has 0 bridgehead atoms. The molecule has 13 heavy (non-hydrogen) atoms. The van der Waals surface area contributed by atoms with Gasteiger partial charge in [-0.25, -0.2) is 0 Å². The summed E-state index contributed by atoms with van der Waals surface area (Å²) in [6, 6.07) is 2.38. The Balaban J connectivity index is 3.18. The van der Waals surface area contributed by atoms with Gasteiger partial charge in [-0.15, -0.1) is 0 Å². The predicted octanol–water partition coefficient (Wildman–Crippen LogP) is 1.82. The van der Waals surface area contributed by atoms with Crippen molar-refractivity contribution in [1.29, 1.82) is 0 Å². The third-order valence-electron chi connectivity index (χ3n) is 1.65. The Morgan fingerprint density at radius 1 is 1.31 bits per heavy atom. The van der Waals surface area contributed by atoms with E-state index in [0.29, 0.717) is 11.8 Å². The smallest absolute Gasteiger partial charge is 0.153 e. The SMILES string of the molecule is [2H]C([2H])([2H])Oc1cc(C=O)c(OC([2H])([2H])[2H])cc1C. The molecule has 0 N–H and O–H groups in total. The van der Waals surface area contributed by atoms with E-state index in [-0.39, 0.29) is 17.1 Å². The first kappa shape index (κ1) is 4.13. The van der Waals surface area contributed by atoms with Crippen molar-refractivity contribution in [2.75, 3.05) is 14.1 Å². The maximum atomic E-state index is 10.9. The van der Waals surface area contributed by atoms with Crippen molar-refractivity contribution in [2.45, 2.75) is 6.92 Å². The fraction of sp³-hybridized carbons (Fsp3) is 0.300. The van der Waals surface area contributed by atoms with Gasteiger partial charge in [0.25, 0.3) is 0 Å². The average molecular weight is 186 g/mol. The van der Waals surface area contributed by atoms with Gasteiger partial charge in [-0.05, 0) is 24.6 Å². The fourth-order valence-electron chi connectivity index (χ4n) is 0.968. The van der Waals surface area contributed by atoms with Crippen LogP contribution in [0.2, 0.25) is 0 Å². The van der Waals surface area contributed by atoms with Gasteiger partial charge in [0.1, 0.15) is 11.5 Å². The second-order valence-corrected chi connectivity index (χ2v) is 2.48. The van der Waals surface area contributed by atoms with Crippen LogP contribution in [0.3, 0.4) is 0 Å². The quantitative estimate of drug-likeness (QED) is 0.675. The lowest BCUT2D eigenvalue weighted by atomic mass is 10.1. The minimum Gasteiger partial charge on any atom is -0.496 e. The van der Waals surface area contributed by atoms with Gasteiger partial charge in [-0.1, -0.05) is 0 Å². The zero-order valence-electron chi connectivity index (χ0n) is 13.0. The van der Waals surface area contributed by atoms with Crippen LogP contribution in [-0.2, 0) is 0 Å². The highest BCUT2D eigenvalue weighted by molar-refractivity contribution is 5.80. The average Bonchev–Trinajstić information content (AvgIpc) is 2.17. The molecule has 0 saturated carbocycles. The van der Waals surface area contributed by atoms with Crippen LogP contribution in [0, 0.1) is 6.92 Å². The van der Waals surface area contributed by atoms with Crippen LogP contribution in [0.5, 0.6) is 11.5 Å². The molecule has 0 aliphatic heterocycles. The predicted molar refractivity (Wildman–Crippen MR) is 49.7 cm³/mol. The maximum absolute atomic E-state index is 10.9. The minimum absolute atomic E-state index is 0.0278. The van der Waals surface area contributed by atoms with Crippen LogP contribution in [-0.4, -0.2) is 20.4 Å². The summed E-state index contributed by atoms with van der Waals surface area (Å²) in [5.74, 6) is -0.176. The van der Waals surface area contributed by atoms with Crippen LogP contribution in [0.25, 0.3) is 0 Å². The number of ether oxygens (including phenoxy) is 2. The van der Waals surface area contributed by atoms with Gasteiger partial charge in [0.2, 0.25) is 0 Å². The molecule has 0 unspecified atom stereocenters. The highest BCUT2D eigenvalue weighted by Crippen LogP contribution is 2.26. The lowest BCUT2D eigenvalue weighted by Gasteiger charge is -2.08. The Labute approximate surface area is 85.7 Å². The zero-order valence-corrected chi connectivity index (χ0v) is 6.96. The number of aryl methyl sites for hydroxylation is 1. The second kappa shape index (κ2) is 3.94. The summed E-state index contributed by atoms with van der Waals surface area (Å²) in [4.78, 5) is 10.9. The lowest BCUT2D eigenvalue weighted by Crippen LogP contribution is -1.94. The fourth-order valence-corrected chi connectivity index (χ4v) is 0.968. The lowest BCUT2D eigenvalue weighted by molar-refractivity contribution is 0.112. The molecule has 1 aromatic rings. The summed E-state index contributed by atoms with van der Waals surface area (Å²) in [6.45, 7) is 1.52. The molecule has 0 amide bonds. The van der Waals surface area contributed by atoms with Gasteiger partial charge in [0.05, 0.1) is 27.9 Å². The van der Waals surface area contributed by atoms with E-state index in [4.69, 9.17) is 13.0 Å². The molecule has 0 atom stereocenters. The zero-order chi connectivity index (χ0) is 14.8. The Hall–Kier alpha value is -1.51. The molecule has 0 aromatic heterocycles. The Morgan fingerprint density at radius 3 is 2.62 bits per heavy atom. The summed E-state index contributed by atoms with van der Waals surface area (Å²) < 4.78 is 51.3. The Kier molecular flexibility index (Phi) is 1.25. The molecule has 70 valence electrons. The molecule has 0 heterocycles. The van der Waals surface area contributed by atoms with Gasteiger partial charge >= 0.3 is 0 Å². The first-order valence-electron chi connectivity index (χ1n) is 6.50. The first-order chi connectivity index (χ1) is 8.52. The minimum atomic E-state index is -2.70. The molecule has 0 fully saturated rings. The number of carbonyl (C=O) groups excluding carboxylic acids is 1. The van der Waals surface area contributed by atoms with Gasteiger partial charge in [0.15, 0.2) is 6.29 Å². The molecular weight excluding hydrogens is 168 g/mol. The molecule has 0 saturated heterocycles. The molecule has 1 rings (SSSR count). The van der Waals surface area contributed by atoms with E-state index in [1.807, 2.05) is 0 Å². The summed E-state index contributed by atoms with van der Waals surface area (Å²) >= 11 is 0. The number of benzene rings is 1. The molecule has 3 nitrogen and oxygen atoms in total. The molecule has 3 heteroatoms. The third kappa shape index (κ3) is 1.80. The number of methoxy groups -OCH3 is 2. The Morgan fingerprint density at radius 2 is 2.00 bits per heavy atom. The van der Waals surface area contributed by atoms with Crippen LogP contribution < -0.4 is 9.47 Å². The number of carbonyl (C=O) groups is 1. The van der Waals surface area contributed by atoms with Gasteiger partial charge in [0, 0.05) is 0 Å². The molecular formula is C10H12O3. The molecule has 0 radical (unpaired) electrons. The number of hydrogen-bond acceptors (Lipinski definition) is 3. The number of aldehydes is 1. The highest BCUT2D eigenvalue weighted by atomic mass is 16.5. The second-order valence-electron chi connectivity index (χ2n) is 2.48. The molecule has 0 aliphatic rings. The van der Waals surface area contributed by atoms with Crippen LogP contribution in [0.1, 0.15) is 24.1 Å². The van der Waals surface area contributed by atoms with Crippen molar-refractivity contribution in [3.63, 3.8) is 0 Å².